The van der Waals surface area contributed by atoms with Crippen molar-refractivity contribution in [1.29, 1.82) is 0 Å². The van der Waals surface area contributed by atoms with E-state index in [-0.39, 0.29) is 11.6 Å². The summed E-state index contributed by atoms with van der Waals surface area (Å²) in [6.45, 7) is 0.499. The Bertz CT molecular complexity index is 669. The summed E-state index contributed by atoms with van der Waals surface area (Å²) >= 11 is 1.61. The van der Waals surface area contributed by atoms with Gasteiger partial charge in [0.05, 0.1) is 4.92 Å². The summed E-state index contributed by atoms with van der Waals surface area (Å²) < 4.78 is 0. The fourth-order valence-corrected chi connectivity index (χ4v) is 2.75. The topological polar surface area (TPSA) is 75.5 Å². The molecular formula is C15H17N3O3S. The number of nitrogens with one attached hydrogen (secondary N) is 1. The first-order chi connectivity index (χ1) is 10.5. The van der Waals surface area contributed by atoms with Crippen LogP contribution in [-0.2, 0) is 6.42 Å². The number of nitro benzene ring substituents is 1. The van der Waals surface area contributed by atoms with Gasteiger partial charge >= 0.3 is 0 Å². The van der Waals surface area contributed by atoms with E-state index in [4.69, 9.17) is 0 Å². The van der Waals surface area contributed by atoms with Gasteiger partial charge in [0, 0.05) is 32.3 Å². The predicted molar refractivity (Wildman–Crippen MR) is 87.8 cm³/mol. The number of anilines is 1. The molecule has 0 bridgehead atoms. The van der Waals surface area contributed by atoms with Crippen molar-refractivity contribution >= 4 is 28.6 Å². The normalized spacial score (nSPS) is 10.3. The predicted octanol–water partition coefficient (Wildman–Crippen LogP) is 2.69. The lowest BCUT2D eigenvalue weighted by Gasteiger charge is -2.13. The minimum atomic E-state index is -0.475. The second kappa shape index (κ2) is 7.04. The van der Waals surface area contributed by atoms with Crippen molar-refractivity contribution < 1.29 is 9.72 Å². The number of carbonyl (C=O) groups excluding carboxylic acids is 1. The molecule has 0 aliphatic heterocycles. The van der Waals surface area contributed by atoms with E-state index in [2.05, 4.69) is 5.32 Å². The van der Waals surface area contributed by atoms with Gasteiger partial charge in [0.1, 0.15) is 5.69 Å². The lowest BCUT2D eigenvalue weighted by Crippen LogP contribution is -2.25. The Balaban J connectivity index is 2.06. The van der Waals surface area contributed by atoms with Gasteiger partial charge in [-0.2, -0.15) is 11.3 Å². The van der Waals surface area contributed by atoms with E-state index in [1.54, 1.807) is 42.5 Å². The number of carbonyl (C=O) groups is 1. The number of amides is 1. The number of hydrogen-bond donors (Lipinski definition) is 1. The molecule has 22 heavy (non-hydrogen) atoms. The average molecular weight is 319 g/mol. The summed E-state index contributed by atoms with van der Waals surface area (Å²) in [6.07, 6.45) is 0.743. The SMILES string of the molecule is CN(C)c1ccc(C(=O)NCCc2ccsc2)cc1[N+](=O)[O-]. The molecule has 7 heteroatoms. The maximum atomic E-state index is 12.1. The summed E-state index contributed by atoms with van der Waals surface area (Å²) in [5, 5.41) is 17.9. The van der Waals surface area contributed by atoms with Gasteiger partial charge in [-0.3, -0.25) is 14.9 Å². The lowest BCUT2D eigenvalue weighted by atomic mass is 10.1. The highest BCUT2D eigenvalue weighted by atomic mass is 32.1. The summed E-state index contributed by atoms with van der Waals surface area (Å²) in [7, 11) is 3.45. The van der Waals surface area contributed by atoms with E-state index in [0.717, 1.165) is 6.42 Å². The highest BCUT2D eigenvalue weighted by Crippen LogP contribution is 2.27. The Labute approximate surface area is 132 Å². The van der Waals surface area contributed by atoms with Crippen LogP contribution in [0.4, 0.5) is 11.4 Å². The fourth-order valence-electron chi connectivity index (χ4n) is 2.05. The van der Waals surface area contributed by atoms with Crippen LogP contribution in [0.1, 0.15) is 15.9 Å². The van der Waals surface area contributed by atoms with Gasteiger partial charge in [-0.15, -0.1) is 0 Å². The zero-order valence-corrected chi connectivity index (χ0v) is 13.2. The maximum Gasteiger partial charge on any atom is 0.293 e. The molecule has 2 rings (SSSR count). The van der Waals surface area contributed by atoms with Crippen molar-refractivity contribution in [3.63, 3.8) is 0 Å². The standard InChI is InChI=1S/C15H17N3O3S/c1-17(2)13-4-3-12(9-14(13)18(20)21)15(19)16-7-5-11-6-8-22-10-11/h3-4,6,8-10H,5,7H2,1-2H3,(H,16,19). The zero-order valence-electron chi connectivity index (χ0n) is 12.4. The number of rotatable bonds is 6. The van der Waals surface area contributed by atoms with Gasteiger partial charge in [0.15, 0.2) is 0 Å². The smallest absolute Gasteiger partial charge is 0.293 e. The minimum Gasteiger partial charge on any atom is -0.372 e. The molecule has 0 fully saturated rings. The first kappa shape index (κ1) is 16.0. The van der Waals surface area contributed by atoms with Gasteiger partial charge in [0.2, 0.25) is 0 Å². The number of nitro groups is 1. The van der Waals surface area contributed by atoms with E-state index in [1.807, 2.05) is 16.8 Å². The molecular weight excluding hydrogens is 302 g/mol. The van der Waals surface area contributed by atoms with E-state index in [0.29, 0.717) is 17.8 Å². The van der Waals surface area contributed by atoms with Gasteiger partial charge < -0.3 is 10.2 Å². The highest BCUT2D eigenvalue weighted by molar-refractivity contribution is 7.07. The first-order valence-electron chi connectivity index (χ1n) is 6.74. The van der Waals surface area contributed by atoms with Crippen molar-refractivity contribution in [3.05, 3.63) is 56.3 Å². The van der Waals surface area contributed by atoms with Crippen LogP contribution in [0, 0.1) is 10.1 Å². The number of benzene rings is 1. The molecule has 1 amide bonds. The van der Waals surface area contributed by atoms with Crippen LogP contribution in [0.25, 0.3) is 0 Å². The van der Waals surface area contributed by atoms with Gasteiger partial charge in [-0.1, -0.05) is 0 Å². The monoisotopic (exact) mass is 319 g/mol. The molecule has 1 N–H and O–H groups in total. The van der Waals surface area contributed by atoms with E-state index >= 15 is 0 Å². The second-order valence-corrected chi connectivity index (χ2v) is 5.77. The van der Waals surface area contributed by atoms with Crippen molar-refractivity contribution in [2.75, 3.05) is 25.5 Å². The molecule has 6 nitrogen and oxygen atoms in total. The third-order valence-corrected chi connectivity index (χ3v) is 3.93. The minimum absolute atomic E-state index is 0.0736. The molecule has 0 aliphatic rings. The number of nitrogens with zero attached hydrogens (tertiary/aromatic N) is 2. The first-order valence-corrected chi connectivity index (χ1v) is 7.68. The molecule has 0 saturated carbocycles. The van der Waals surface area contributed by atoms with Crippen molar-refractivity contribution in [3.8, 4) is 0 Å². The van der Waals surface area contributed by atoms with Crippen LogP contribution in [0.3, 0.4) is 0 Å². The molecule has 0 atom stereocenters. The molecule has 0 spiro atoms. The summed E-state index contributed by atoms with van der Waals surface area (Å²) in [5.74, 6) is -0.302. The maximum absolute atomic E-state index is 12.1. The Morgan fingerprint density at radius 3 is 2.73 bits per heavy atom. The van der Waals surface area contributed by atoms with E-state index in [1.165, 1.54) is 11.6 Å². The number of hydrogen-bond acceptors (Lipinski definition) is 5. The zero-order chi connectivity index (χ0) is 16.1. The Morgan fingerprint density at radius 1 is 1.36 bits per heavy atom. The average Bonchev–Trinajstić information content (AvgIpc) is 2.99. The molecule has 1 aromatic carbocycles. The van der Waals surface area contributed by atoms with E-state index in [9.17, 15) is 14.9 Å². The van der Waals surface area contributed by atoms with Crippen LogP contribution in [-0.4, -0.2) is 31.5 Å². The third-order valence-electron chi connectivity index (χ3n) is 3.20. The molecule has 0 radical (unpaired) electrons. The lowest BCUT2D eigenvalue weighted by molar-refractivity contribution is -0.384. The van der Waals surface area contributed by atoms with Crippen LogP contribution in [0.2, 0.25) is 0 Å². The molecule has 2 aromatic rings. The fraction of sp³-hybridized carbons (Fsp3) is 0.267. The van der Waals surface area contributed by atoms with Crippen molar-refractivity contribution in [2.24, 2.45) is 0 Å². The molecule has 1 heterocycles. The Hall–Kier alpha value is -2.41. The van der Waals surface area contributed by atoms with E-state index < -0.39 is 4.92 Å². The van der Waals surface area contributed by atoms with Gasteiger partial charge in [-0.25, -0.2) is 0 Å². The Morgan fingerprint density at radius 2 is 2.14 bits per heavy atom. The van der Waals surface area contributed by atoms with Gasteiger partial charge in [-0.05, 0) is 40.9 Å². The molecule has 0 aliphatic carbocycles. The summed E-state index contributed by atoms with van der Waals surface area (Å²) in [4.78, 5) is 24.4. The van der Waals surface area contributed by atoms with Crippen LogP contribution in [0.5, 0.6) is 0 Å². The molecule has 0 saturated heterocycles. The van der Waals surface area contributed by atoms with Crippen molar-refractivity contribution in [2.45, 2.75) is 6.42 Å². The van der Waals surface area contributed by atoms with Crippen LogP contribution >= 0.6 is 11.3 Å². The highest BCUT2D eigenvalue weighted by Gasteiger charge is 2.18. The summed E-state index contributed by atoms with van der Waals surface area (Å²) in [5.41, 5.74) is 1.86. The second-order valence-electron chi connectivity index (χ2n) is 4.99. The quantitative estimate of drug-likeness (QED) is 0.656. The molecule has 116 valence electrons. The summed E-state index contributed by atoms with van der Waals surface area (Å²) in [6, 6.07) is 6.51. The molecule has 0 unspecified atom stereocenters. The molecule has 1 aromatic heterocycles. The van der Waals surface area contributed by atoms with Gasteiger partial charge in [0.25, 0.3) is 11.6 Å². The third kappa shape index (κ3) is 3.82. The Kier molecular flexibility index (Phi) is 5.11. The van der Waals surface area contributed by atoms with Crippen LogP contribution < -0.4 is 10.2 Å². The largest absolute Gasteiger partial charge is 0.372 e. The number of thiophene rings is 1. The van der Waals surface area contributed by atoms with Crippen LogP contribution in [0.15, 0.2) is 35.0 Å². The van der Waals surface area contributed by atoms with Crippen molar-refractivity contribution in [1.82, 2.24) is 5.32 Å².